The molecule has 16 heavy (non-hydrogen) atoms. The van der Waals surface area contributed by atoms with E-state index in [2.05, 4.69) is 5.43 Å². The van der Waals surface area contributed by atoms with Gasteiger partial charge >= 0.3 is 0 Å². The lowest BCUT2D eigenvalue weighted by molar-refractivity contribution is 0.170. The summed E-state index contributed by atoms with van der Waals surface area (Å²) in [7, 11) is 3.16. The van der Waals surface area contributed by atoms with Gasteiger partial charge in [-0.15, -0.1) is 0 Å². The zero-order chi connectivity index (χ0) is 12.1. The van der Waals surface area contributed by atoms with Crippen LogP contribution in [0.4, 0.5) is 0 Å². The van der Waals surface area contributed by atoms with Gasteiger partial charge in [-0.1, -0.05) is 0 Å². The molecule has 5 heteroatoms. The second-order valence-electron chi connectivity index (χ2n) is 3.44. The Morgan fingerprint density at radius 1 is 1.38 bits per heavy atom. The number of nitrogens with one attached hydrogen (secondary N) is 1. The Morgan fingerprint density at radius 3 is 2.56 bits per heavy atom. The second kappa shape index (κ2) is 5.69. The summed E-state index contributed by atoms with van der Waals surface area (Å²) in [6.45, 7) is 2.14. The largest absolute Gasteiger partial charge is 0.496 e. The molecule has 0 aliphatic rings. The van der Waals surface area contributed by atoms with E-state index in [1.807, 2.05) is 6.92 Å². The summed E-state index contributed by atoms with van der Waals surface area (Å²) in [5.74, 6) is 6.53. The number of nitrogens with two attached hydrogens (primary N) is 1. The molecular weight excluding hydrogens is 208 g/mol. The molecule has 0 spiro atoms. The van der Waals surface area contributed by atoms with E-state index in [-0.39, 0.29) is 6.54 Å². The Morgan fingerprint density at radius 2 is 2.06 bits per heavy atom. The van der Waals surface area contributed by atoms with E-state index in [9.17, 15) is 5.11 Å². The number of aliphatic hydroxyl groups excluding tert-OH is 1. The first-order valence-electron chi connectivity index (χ1n) is 4.98. The first-order chi connectivity index (χ1) is 7.65. The van der Waals surface area contributed by atoms with Gasteiger partial charge in [0.05, 0.1) is 20.3 Å². The van der Waals surface area contributed by atoms with Gasteiger partial charge in [0, 0.05) is 17.7 Å². The Labute approximate surface area is 95.1 Å². The molecule has 0 aliphatic carbocycles. The van der Waals surface area contributed by atoms with Crippen molar-refractivity contribution in [1.29, 1.82) is 0 Å². The van der Waals surface area contributed by atoms with Crippen LogP contribution >= 0.6 is 0 Å². The van der Waals surface area contributed by atoms with E-state index in [0.717, 1.165) is 11.3 Å². The molecule has 1 atom stereocenters. The number of benzene rings is 1. The van der Waals surface area contributed by atoms with Crippen molar-refractivity contribution in [2.24, 2.45) is 5.84 Å². The molecule has 1 aromatic rings. The van der Waals surface area contributed by atoms with Gasteiger partial charge in [0.2, 0.25) is 0 Å². The van der Waals surface area contributed by atoms with Crippen LogP contribution in [0.5, 0.6) is 11.5 Å². The average Bonchev–Trinajstić information content (AvgIpc) is 2.28. The number of aliphatic hydroxyl groups is 1. The smallest absolute Gasteiger partial charge is 0.131 e. The van der Waals surface area contributed by atoms with Crippen LogP contribution in [-0.4, -0.2) is 25.9 Å². The molecule has 0 radical (unpaired) electrons. The van der Waals surface area contributed by atoms with E-state index in [1.54, 1.807) is 26.4 Å². The maximum absolute atomic E-state index is 9.86. The van der Waals surface area contributed by atoms with Gasteiger partial charge in [0.25, 0.3) is 0 Å². The summed E-state index contributed by atoms with van der Waals surface area (Å²) in [6, 6.07) is 3.57. The molecular formula is C11H18N2O3. The van der Waals surface area contributed by atoms with Crippen molar-refractivity contribution in [2.45, 2.75) is 13.0 Å². The van der Waals surface area contributed by atoms with Crippen LogP contribution in [0, 0.1) is 6.92 Å². The minimum Gasteiger partial charge on any atom is -0.496 e. The maximum Gasteiger partial charge on any atom is 0.131 e. The Bertz CT molecular complexity index is 355. The monoisotopic (exact) mass is 226 g/mol. The lowest BCUT2D eigenvalue weighted by Crippen LogP contribution is -2.27. The molecule has 0 amide bonds. The summed E-state index contributed by atoms with van der Waals surface area (Å²) < 4.78 is 10.5. The molecule has 0 saturated carbocycles. The van der Waals surface area contributed by atoms with Crippen LogP contribution in [0.15, 0.2) is 12.1 Å². The Kier molecular flexibility index (Phi) is 4.54. The topological polar surface area (TPSA) is 76.7 Å². The minimum absolute atomic E-state index is 0.266. The fourth-order valence-electron chi connectivity index (χ4n) is 1.67. The van der Waals surface area contributed by atoms with Crippen LogP contribution in [0.3, 0.4) is 0 Å². The van der Waals surface area contributed by atoms with Crippen molar-refractivity contribution in [3.05, 3.63) is 23.3 Å². The summed E-state index contributed by atoms with van der Waals surface area (Å²) in [5.41, 5.74) is 3.98. The van der Waals surface area contributed by atoms with Crippen molar-refractivity contribution in [1.82, 2.24) is 5.43 Å². The van der Waals surface area contributed by atoms with Gasteiger partial charge in [-0.25, -0.2) is 0 Å². The van der Waals surface area contributed by atoms with Crippen molar-refractivity contribution < 1.29 is 14.6 Å². The zero-order valence-electron chi connectivity index (χ0n) is 9.78. The number of hydrogen-bond donors (Lipinski definition) is 3. The Hall–Kier alpha value is -1.30. The number of rotatable bonds is 5. The van der Waals surface area contributed by atoms with Gasteiger partial charge in [0.1, 0.15) is 11.5 Å². The molecule has 1 rings (SSSR count). The molecule has 1 unspecified atom stereocenters. The number of methoxy groups -OCH3 is 2. The first-order valence-corrected chi connectivity index (χ1v) is 4.98. The van der Waals surface area contributed by atoms with E-state index in [1.165, 1.54) is 0 Å². The average molecular weight is 226 g/mol. The van der Waals surface area contributed by atoms with Crippen molar-refractivity contribution in [2.75, 3.05) is 20.8 Å². The fourth-order valence-corrected chi connectivity index (χ4v) is 1.67. The predicted molar refractivity (Wildman–Crippen MR) is 61.4 cm³/mol. The van der Waals surface area contributed by atoms with Crippen LogP contribution in [0.2, 0.25) is 0 Å². The lowest BCUT2D eigenvalue weighted by Gasteiger charge is -2.18. The molecule has 0 aromatic heterocycles. The standard InChI is InChI=1S/C11H18N2O3/c1-7-10(15-2)5-4-8(11(7)16-3)9(14)6-13-12/h4-5,9,13-14H,6,12H2,1-3H3. The van der Waals surface area contributed by atoms with Crippen LogP contribution < -0.4 is 20.7 Å². The second-order valence-corrected chi connectivity index (χ2v) is 3.44. The number of hydrogen-bond acceptors (Lipinski definition) is 5. The lowest BCUT2D eigenvalue weighted by atomic mass is 10.0. The molecule has 0 bridgehead atoms. The number of ether oxygens (including phenoxy) is 2. The third kappa shape index (κ3) is 2.44. The minimum atomic E-state index is -0.704. The van der Waals surface area contributed by atoms with Crippen molar-refractivity contribution >= 4 is 0 Å². The molecule has 0 saturated heterocycles. The van der Waals surface area contributed by atoms with Gasteiger partial charge in [0.15, 0.2) is 0 Å². The summed E-state index contributed by atoms with van der Waals surface area (Å²) >= 11 is 0. The highest BCUT2D eigenvalue weighted by atomic mass is 16.5. The molecule has 0 heterocycles. The quantitative estimate of drug-likeness (QED) is 0.503. The van der Waals surface area contributed by atoms with Gasteiger partial charge in [-0.3, -0.25) is 11.3 Å². The highest BCUT2D eigenvalue weighted by Crippen LogP contribution is 2.34. The SMILES string of the molecule is COc1ccc(C(O)CNN)c(OC)c1C. The third-order valence-corrected chi connectivity index (χ3v) is 2.48. The molecule has 0 aliphatic heterocycles. The van der Waals surface area contributed by atoms with Gasteiger partial charge in [-0.2, -0.15) is 0 Å². The van der Waals surface area contributed by atoms with Crippen molar-refractivity contribution in [3.63, 3.8) is 0 Å². The molecule has 1 aromatic carbocycles. The zero-order valence-corrected chi connectivity index (χ0v) is 9.78. The highest BCUT2D eigenvalue weighted by molar-refractivity contribution is 5.50. The summed E-state index contributed by atoms with van der Waals surface area (Å²) in [6.07, 6.45) is -0.704. The maximum atomic E-state index is 9.86. The van der Waals surface area contributed by atoms with E-state index < -0.39 is 6.10 Å². The molecule has 90 valence electrons. The Balaban J connectivity index is 3.14. The molecule has 5 nitrogen and oxygen atoms in total. The fraction of sp³-hybridized carbons (Fsp3) is 0.455. The molecule has 0 fully saturated rings. The predicted octanol–water partition coefficient (Wildman–Crippen LogP) is 0.509. The number of hydrazine groups is 1. The van der Waals surface area contributed by atoms with Crippen LogP contribution in [0.1, 0.15) is 17.2 Å². The van der Waals surface area contributed by atoms with Gasteiger partial charge < -0.3 is 14.6 Å². The molecule has 4 N–H and O–H groups in total. The normalized spacial score (nSPS) is 12.3. The van der Waals surface area contributed by atoms with Crippen LogP contribution in [-0.2, 0) is 0 Å². The summed E-state index contributed by atoms with van der Waals surface area (Å²) in [5, 5.41) is 9.86. The highest BCUT2D eigenvalue weighted by Gasteiger charge is 2.16. The van der Waals surface area contributed by atoms with E-state index >= 15 is 0 Å². The van der Waals surface area contributed by atoms with E-state index in [0.29, 0.717) is 11.3 Å². The summed E-state index contributed by atoms with van der Waals surface area (Å²) in [4.78, 5) is 0. The third-order valence-electron chi connectivity index (χ3n) is 2.48. The van der Waals surface area contributed by atoms with Crippen LogP contribution in [0.25, 0.3) is 0 Å². The van der Waals surface area contributed by atoms with E-state index in [4.69, 9.17) is 15.3 Å². The van der Waals surface area contributed by atoms with Gasteiger partial charge in [-0.05, 0) is 19.1 Å². The van der Waals surface area contributed by atoms with Crippen molar-refractivity contribution in [3.8, 4) is 11.5 Å². The first kappa shape index (κ1) is 12.8.